The summed E-state index contributed by atoms with van der Waals surface area (Å²) in [5.74, 6) is 0.279. The number of rotatable bonds is 7. The summed E-state index contributed by atoms with van der Waals surface area (Å²) in [6.07, 6.45) is 7.82. The first kappa shape index (κ1) is 15.4. The van der Waals surface area contributed by atoms with E-state index >= 15 is 0 Å². The summed E-state index contributed by atoms with van der Waals surface area (Å²) in [6, 6.07) is 0. The highest BCUT2D eigenvalue weighted by Crippen LogP contribution is 2.10. The summed E-state index contributed by atoms with van der Waals surface area (Å²) in [5, 5.41) is 8.70. The zero-order valence-corrected chi connectivity index (χ0v) is 11.7. The molecule has 1 saturated heterocycles. The molecule has 0 aromatic rings. The van der Waals surface area contributed by atoms with E-state index in [2.05, 4.69) is 4.90 Å². The van der Waals surface area contributed by atoms with Crippen molar-refractivity contribution in [2.45, 2.75) is 44.9 Å². The third-order valence-electron chi connectivity index (χ3n) is 3.56. The maximum atomic E-state index is 12.1. The third kappa shape index (κ3) is 6.36. The molecule has 106 valence electrons. The molecule has 1 amide bonds. The Labute approximate surface area is 111 Å². The smallest absolute Gasteiger partial charge is 0.236 e. The molecule has 0 aromatic carbocycles. The number of hydrogen-bond donors (Lipinski definition) is 1. The number of aliphatic hydroxyl groups excluding tert-OH is 1. The van der Waals surface area contributed by atoms with Crippen molar-refractivity contribution in [1.29, 1.82) is 0 Å². The molecule has 0 radical (unpaired) electrons. The molecule has 0 aliphatic carbocycles. The molecule has 1 N–H and O–H groups in total. The Kier molecular flexibility index (Phi) is 8.01. The summed E-state index contributed by atoms with van der Waals surface area (Å²) < 4.78 is 0. The molecular formula is C14H28N2O2. The number of carbonyl (C=O) groups is 1. The largest absolute Gasteiger partial charge is 0.396 e. The van der Waals surface area contributed by atoms with Crippen molar-refractivity contribution >= 4 is 5.91 Å². The Morgan fingerprint density at radius 2 is 1.78 bits per heavy atom. The summed E-state index contributed by atoms with van der Waals surface area (Å²) >= 11 is 0. The van der Waals surface area contributed by atoms with Gasteiger partial charge in [0.2, 0.25) is 5.91 Å². The Morgan fingerprint density at radius 1 is 1.11 bits per heavy atom. The van der Waals surface area contributed by atoms with Gasteiger partial charge in [0.1, 0.15) is 0 Å². The monoisotopic (exact) mass is 256 g/mol. The maximum absolute atomic E-state index is 12.1. The second kappa shape index (κ2) is 9.34. The second-order valence-corrected chi connectivity index (χ2v) is 5.32. The minimum absolute atomic E-state index is 0.274. The molecule has 1 rings (SSSR count). The Bertz CT molecular complexity index is 226. The fraction of sp³-hybridized carbons (Fsp3) is 0.929. The van der Waals surface area contributed by atoms with E-state index in [9.17, 15) is 4.79 Å². The van der Waals surface area contributed by atoms with Crippen molar-refractivity contribution in [3.8, 4) is 0 Å². The first-order valence-electron chi connectivity index (χ1n) is 7.31. The first-order chi connectivity index (χ1) is 8.74. The van der Waals surface area contributed by atoms with Crippen molar-refractivity contribution in [2.24, 2.45) is 0 Å². The molecule has 0 aromatic heterocycles. The Hall–Kier alpha value is -0.610. The lowest BCUT2D eigenvalue weighted by atomic mass is 10.2. The highest BCUT2D eigenvalue weighted by Gasteiger charge is 2.16. The summed E-state index contributed by atoms with van der Waals surface area (Å²) in [5.41, 5.74) is 0. The average Bonchev–Trinajstić information content (AvgIpc) is 2.63. The van der Waals surface area contributed by atoms with E-state index in [1.165, 1.54) is 12.8 Å². The van der Waals surface area contributed by atoms with Crippen molar-refractivity contribution in [1.82, 2.24) is 9.80 Å². The molecular weight excluding hydrogens is 228 g/mol. The van der Waals surface area contributed by atoms with Crippen LogP contribution in [-0.2, 0) is 4.79 Å². The molecule has 1 heterocycles. The standard InChI is InChI=1S/C14H28N2O2/c1-15(9-5-4-8-12-17)13-14(18)16-10-6-2-3-7-11-16/h17H,2-13H2,1H3. The highest BCUT2D eigenvalue weighted by atomic mass is 16.2. The normalized spacial score (nSPS) is 16.9. The molecule has 4 nitrogen and oxygen atoms in total. The number of amides is 1. The Balaban J connectivity index is 2.17. The summed E-state index contributed by atoms with van der Waals surface area (Å²) in [6.45, 7) is 3.64. The molecule has 1 fully saturated rings. The van der Waals surface area contributed by atoms with E-state index in [0.29, 0.717) is 6.54 Å². The van der Waals surface area contributed by atoms with Crippen LogP contribution in [0.25, 0.3) is 0 Å². The fourth-order valence-corrected chi connectivity index (χ4v) is 2.40. The third-order valence-corrected chi connectivity index (χ3v) is 3.56. The molecule has 1 aliphatic rings. The van der Waals surface area contributed by atoms with E-state index in [1.54, 1.807) is 0 Å². The lowest BCUT2D eigenvalue weighted by molar-refractivity contribution is -0.132. The second-order valence-electron chi connectivity index (χ2n) is 5.32. The molecule has 4 heteroatoms. The number of carbonyl (C=O) groups excluding carboxylic acids is 1. The zero-order chi connectivity index (χ0) is 13.2. The van der Waals surface area contributed by atoms with Gasteiger partial charge in [-0.1, -0.05) is 12.8 Å². The zero-order valence-electron chi connectivity index (χ0n) is 11.7. The molecule has 0 spiro atoms. The predicted octanol–water partition coefficient (Wildman–Crippen LogP) is 1.48. The highest BCUT2D eigenvalue weighted by molar-refractivity contribution is 5.78. The van der Waals surface area contributed by atoms with E-state index in [-0.39, 0.29) is 12.5 Å². The quantitative estimate of drug-likeness (QED) is 0.702. The maximum Gasteiger partial charge on any atom is 0.236 e. The molecule has 0 bridgehead atoms. The predicted molar refractivity (Wildman–Crippen MR) is 73.5 cm³/mol. The number of aliphatic hydroxyl groups is 1. The van der Waals surface area contributed by atoms with Crippen LogP contribution in [0.3, 0.4) is 0 Å². The molecule has 0 atom stereocenters. The van der Waals surface area contributed by atoms with Crippen LogP contribution in [-0.4, -0.2) is 60.6 Å². The van der Waals surface area contributed by atoms with Crippen molar-refractivity contribution in [2.75, 3.05) is 39.8 Å². The van der Waals surface area contributed by atoms with Crippen molar-refractivity contribution in [3.05, 3.63) is 0 Å². The van der Waals surface area contributed by atoms with Gasteiger partial charge in [0.15, 0.2) is 0 Å². The van der Waals surface area contributed by atoms with Gasteiger partial charge in [-0.15, -0.1) is 0 Å². The topological polar surface area (TPSA) is 43.8 Å². The van der Waals surface area contributed by atoms with E-state index in [1.807, 2.05) is 11.9 Å². The SMILES string of the molecule is CN(CCCCCO)CC(=O)N1CCCCCC1. The minimum Gasteiger partial charge on any atom is -0.396 e. The van der Waals surface area contributed by atoms with Gasteiger partial charge in [0.25, 0.3) is 0 Å². The van der Waals surface area contributed by atoms with Crippen LogP contribution >= 0.6 is 0 Å². The van der Waals surface area contributed by atoms with Crippen LogP contribution in [0.2, 0.25) is 0 Å². The summed E-state index contributed by atoms with van der Waals surface area (Å²) in [4.78, 5) is 16.2. The van der Waals surface area contributed by atoms with E-state index in [4.69, 9.17) is 5.11 Å². The first-order valence-corrected chi connectivity index (χ1v) is 7.31. The molecule has 0 saturated carbocycles. The van der Waals surface area contributed by atoms with Gasteiger partial charge < -0.3 is 10.0 Å². The molecule has 18 heavy (non-hydrogen) atoms. The average molecular weight is 256 g/mol. The van der Waals surface area contributed by atoms with Crippen LogP contribution in [0.15, 0.2) is 0 Å². The van der Waals surface area contributed by atoms with Crippen LogP contribution in [0, 0.1) is 0 Å². The van der Waals surface area contributed by atoms with Gasteiger partial charge in [-0.25, -0.2) is 0 Å². The van der Waals surface area contributed by atoms with Crippen LogP contribution < -0.4 is 0 Å². The van der Waals surface area contributed by atoms with Gasteiger partial charge in [-0.2, -0.15) is 0 Å². The molecule has 0 unspecified atom stereocenters. The van der Waals surface area contributed by atoms with Crippen LogP contribution in [0.5, 0.6) is 0 Å². The van der Waals surface area contributed by atoms with Crippen LogP contribution in [0.1, 0.15) is 44.9 Å². The number of unbranched alkanes of at least 4 members (excludes halogenated alkanes) is 2. The van der Waals surface area contributed by atoms with E-state index in [0.717, 1.165) is 51.7 Å². The van der Waals surface area contributed by atoms with Gasteiger partial charge in [0, 0.05) is 19.7 Å². The number of likely N-dealkylation sites (N-methyl/N-ethyl adjacent to an activating group) is 1. The summed E-state index contributed by atoms with van der Waals surface area (Å²) in [7, 11) is 2.01. The van der Waals surface area contributed by atoms with Crippen LogP contribution in [0.4, 0.5) is 0 Å². The number of likely N-dealkylation sites (tertiary alicyclic amines) is 1. The van der Waals surface area contributed by atoms with Gasteiger partial charge >= 0.3 is 0 Å². The lowest BCUT2D eigenvalue weighted by Gasteiger charge is -2.24. The van der Waals surface area contributed by atoms with Gasteiger partial charge in [-0.3, -0.25) is 9.69 Å². The fourth-order valence-electron chi connectivity index (χ4n) is 2.40. The van der Waals surface area contributed by atoms with Gasteiger partial charge in [0.05, 0.1) is 6.54 Å². The minimum atomic E-state index is 0.274. The van der Waals surface area contributed by atoms with Crippen molar-refractivity contribution in [3.63, 3.8) is 0 Å². The molecule has 1 aliphatic heterocycles. The number of hydrogen-bond acceptors (Lipinski definition) is 3. The van der Waals surface area contributed by atoms with Crippen molar-refractivity contribution < 1.29 is 9.90 Å². The lowest BCUT2D eigenvalue weighted by Crippen LogP contribution is -2.39. The Morgan fingerprint density at radius 3 is 2.39 bits per heavy atom. The van der Waals surface area contributed by atoms with Gasteiger partial charge in [-0.05, 0) is 45.7 Å². The number of nitrogens with zero attached hydrogens (tertiary/aromatic N) is 2. The van der Waals surface area contributed by atoms with E-state index < -0.39 is 0 Å².